The fourth-order valence-corrected chi connectivity index (χ4v) is 0.672. The Kier molecular flexibility index (Phi) is 1.18. The van der Waals surface area contributed by atoms with Gasteiger partial charge in [-0.05, 0) is 0 Å². The van der Waals surface area contributed by atoms with Gasteiger partial charge in [0.05, 0.1) is 0 Å². The third-order valence-corrected chi connectivity index (χ3v) is 1.39. The van der Waals surface area contributed by atoms with E-state index in [1.165, 1.54) is 7.05 Å². The zero-order valence-corrected chi connectivity index (χ0v) is 4.95. The third-order valence-electron chi connectivity index (χ3n) is 1.39. The third kappa shape index (κ3) is 1.01. The first-order valence-electron chi connectivity index (χ1n) is 2.67. The van der Waals surface area contributed by atoms with E-state index in [0.29, 0.717) is 0 Å². The first-order valence-corrected chi connectivity index (χ1v) is 2.67. The number of hydrogen-bond donors (Lipinski definition) is 1. The molecule has 0 saturated heterocycles. The molecule has 1 saturated carbocycles. The fourth-order valence-electron chi connectivity index (χ4n) is 0.672. The number of amides is 1. The molecule has 4 heteroatoms. The van der Waals surface area contributed by atoms with Crippen molar-refractivity contribution in [3.05, 3.63) is 0 Å². The average molecular weight is 135 g/mol. The Balaban J connectivity index is 2.42. The van der Waals surface area contributed by atoms with E-state index in [4.69, 9.17) is 0 Å². The first kappa shape index (κ1) is 6.45. The van der Waals surface area contributed by atoms with Gasteiger partial charge in [-0.2, -0.15) is 0 Å². The normalized spacial score (nSPS) is 29.4. The number of carbonyl (C=O) groups is 1. The number of hydrogen-bond acceptors (Lipinski definition) is 1. The largest absolute Gasteiger partial charge is 0.359 e. The second-order valence-electron chi connectivity index (χ2n) is 2.13. The van der Waals surface area contributed by atoms with Crippen LogP contribution in [0.3, 0.4) is 0 Å². The van der Waals surface area contributed by atoms with Crippen molar-refractivity contribution in [1.29, 1.82) is 0 Å². The van der Waals surface area contributed by atoms with Crippen LogP contribution in [0.25, 0.3) is 0 Å². The molecule has 0 radical (unpaired) electrons. The molecule has 1 aliphatic rings. The number of halogens is 2. The van der Waals surface area contributed by atoms with Crippen molar-refractivity contribution in [2.45, 2.75) is 12.3 Å². The maximum atomic E-state index is 12.0. The average Bonchev–Trinajstić information content (AvgIpc) is 2.38. The number of nitrogens with one attached hydrogen (secondary N) is 1. The molecule has 1 N–H and O–H groups in total. The van der Waals surface area contributed by atoms with Crippen molar-refractivity contribution in [3.8, 4) is 0 Å². The van der Waals surface area contributed by atoms with E-state index in [1.54, 1.807) is 0 Å². The molecule has 1 unspecified atom stereocenters. The summed E-state index contributed by atoms with van der Waals surface area (Å²) in [5, 5.41) is 2.16. The van der Waals surface area contributed by atoms with E-state index in [0.717, 1.165) is 0 Å². The maximum Gasteiger partial charge on any atom is 0.260 e. The summed E-state index contributed by atoms with van der Waals surface area (Å²) in [4.78, 5) is 10.4. The van der Waals surface area contributed by atoms with Gasteiger partial charge in [-0.25, -0.2) is 8.78 Å². The van der Waals surface area contributed by atoms with Crippen LogP contribution in [0.5, 0.6) is 0 Å². The van der Waals surface area contributed by atoms with Crippen LogP contribution >= 0.6 is 0 Å². The molecular formula is C5H7F2NO. The lowest BCUT2D eigenvalue weighted by molar-refractivity contribution is -0.123. The molecule has 1 amide bonds. The Bertz CT molecular complexity index is 146. The van der Waals surface area contributed by atoms with Gasteiger partial charge in [0.2, 0.25) is 5.91 Å². The number of carbonyl (C=O) groups excluding carboxylic acids is 1. The van der Waals surface area contributed by atoms with Gasteiger partial charge in [0.25, 0.3) is 5.92 Å². The molecule has 0 aliphatic heterocycles. The quantitative estimate of drug-likeness (QED) is 0.553. The molecule has 1 aliphatic carbocycles. The second kappa shape index (κ2) is 1.65. The van der Waals surface area contributed by atoms with E-state index in [1.807, 2.05) is 0 Å². The van der Waals surface area contributed by atoms with E-state index in [2.05, 4.69) is 5.32 Å². The van der Waals surface area contributed by atoms with Crippen LogP contribution in [0.2, 0.25) is 0 Å². The van der Waals surface area contributed by atoms with Gasteiger partial charge in [0, 0.05) is 13.5 Å². The van der Waals surface area contributed by atoms with Crippen molar-refractivity contribution in [3.63, 3.8) is 0 Å². The molecule has 1 atom stereocenters. The SMILES string of the molecule is CNC(=O)C1CC1(F)F. The highest BCUT2D eigenvalue weighted by Gasteiger charge is 2.60. The fraction of sp³-hybridized carbons (Fsp3) is 0.800. The van der Waals surface area contributed by atoms with Crippen LogP contribution in [-0.4, -0.2) is 18.9 Å². The predicted octanol–water partition coefficient (Wildman–Crippen LogP) is 0.388. The minimum Gasteiger partial charge on any atom is -0.359 e. The van der Waals surface area contributed by atoms with Crippen molar-refractivity contribution in [1.82, 2.24) is 5.32 Å². The van der Waals surface area contributed by atoms with Crippen LogP contribution < -0.4 is 5.32 Å². The Morgan fingerprint density at radius 2 is 2.22 bits per heavy atom. The van der Waals surface area contributed by atoms with Gasteiger partial charge in [-0.1, -0.05) is 0 Å². The molecule has 1 rings (SSSR count). The molecule has 0 aromatic heterocycles. The predicted molar refractivity (Wildman–Crippen MR) is 27.1 cm³/mol. The molecular weight excluding hydrogens is 128 g/mol. The van der Waals surface area contributed by atoms with Crippen molar-refractivity contribution < 1.29 is 13.6 Å². The summed E-state index contributed by atoms with van der Waals surface area (Å²) in [6.45, 7) is 0. The zero-order chi connectivity index (χ0) is 7.07. The molecule has 0 heterocycles. The molecule has 0 bridgehead atoms. The van der Waals surface area contributed by atoms with Crippen molar-refractivity contribution in [2.75, 3.05) is 7.05 Å². The molecule has 1 fully saturated rings. The van der Waals surface area contributed by atoms with Gasteiger partial charge >= 0.3 is 0 Å². The first-order chi connectivity index (χ1) is 4.08. The molecule has 0 spiro atoms. The van der Waals surface area contributed by atoms with Gasteiger partial charge in [0.1, 0.15) is 5.92 Å². The number of rotatable bonds is 1. The summed E-state index contributed by atoms with van der Waals surface area (Å²) in [6, 6.07) is 0. The molecule has 52 valence electrons. The summed E-state index contributed by atoms with van der Waals surface area (Å²) >= 11 is 0. The summed E-state index contributed by atoms with van der Waals surface area (Å²) in [5.74, 6) is -4.33. The van der Waals surface area contributed by atoms with E-state index >= 15 is 0 Å². The smallest absolute Gasteiger partial charge is 0.260 e. The molecule has 9 heavy (non-hydrogen) atoms. The van der Waals surface area contributed by atoms with Gasteiger partial charge in [-0.15, -0.1) is 0 Å². The maximum absolute atomic E-state index is 12.0. The van der Waals surface area contributed by atoms with Crippen LogP contribution in [0.15, 0.2) is 0 Å². The Hall–Kier alpha value is -0.670. The second-order valence-corrected chi connectivity index (χ2v) is 2.13. The van der Waals surface area contributed by atoms with E-state index in [9.17, 15) is 13.6 Å². The highest BCUT2D eigenvalue weighted by atomic mass is 19.3. The molecule has 2 nitrogen and oxygen atoms in total. The highest BCUT2D eigenvalue weighted by Crippen LogP contribution is 2.48. The highest BCUT2D eigenvalue weighted by molar-refractivity contribution is 5.82. The minimum absolute atomic E-state index is 0.285. The monoisotopic (exact) mass is 135 g/mol. The molecule has 0 aromatic rings. The van der Waals surface area contributed by atoms with Crippen LogP contribution in [0.4, 0.5) is 8.78 Å². The Labute approximate surface area is 51.2 Å². The van der Waals surface area contributed by atoms with E-state index in [-0.39, 0.29) is 6.42 Å². The lowest BCUT2D eigenvalue weighted by atomic mass is 10.4. The standard InChI is InChI=1S/C5H7F2NO/c1-8-4(9)3-2-5(3,6)7/h3H,2H2,1H3,(H,8,9). The van der Waals surface area contributed by atoms with E-state index < -0.39 is 17.7 Å². The van der Waals surface area contributed by atoms with Gasteiger partial charge in [-0.3, -0.25) is 4.79 Å². The topological polar surface area (TPSA) is 29.1 Å². The van der Waals surface area contributed by atoms with Crippen LogP contribution in [-0.2, 0) is 4.79 Å². The minimum atomic E-state index is -2.72. The summed E-state index contributed by atoms with van der Waals surface area (Å²) < 4.78 is 23.9. The lowest BCUT2D eigenvalue weighted by Gasteiger charge is -1.94. The summed E-state index contributed by atoms with van der Waals surface area (Å²) in [6.07, 6.45) is -0.285. The Morgan fingerprint density at radius 3 is 2.33 bits per heavy atom. The van der Waals surface area contributed by atoms with Gasteiger partial charge < -0.3 is 5.32 Å². The Morgan fingerprint density at radius 1 is 1.78 bits per heavy atom. The van der Waals surface area contributed by atoms with Crippen molar-refractivity contribution in [2.24, 2.45) is 5.92 Å². The van der Waals surface area contributed by atoms with Crippen LogP contribution in [0.1, 0.15) is 6.42 Å². The van der Waals surface area contributed by atoms with Crippen molar-refractivity contribution >= 4 is 5.91 Å². The lowest BCUT2D eigenvalue weighted by Crippen LogP contribution is -2.22. The zero-order valence-electron chi connectivity index (χ0n) is 4.95. The van der Waals surface area contributed by atoms with Gasteiger partial charge in [0.15, 0.2) is 0 Å². The number of alkyl halides is 2. The summed E-state index contributed by atoms with van der Waals surface area (Å²) in [7, 11) is 1.36. The van der Waals surface area contributed by atoms with Crippen LogP contribution in [0, 0.1) is 5.92 Å². The molecule has 0 aromatic carbocycles. The summed E-state index contributed by atoms with van der Waals surface area (Å²) in [5.41, 5.74) is 0.